The van der Waals surface area contributed by atoms with Crippen LogP contribution in [0.1, 0.15) is 5.69 Å². The van der Waals surface area contributed by atoms with E-state index in [4.69, 9.17) is 42.9 Å². The summed E-state index contributed by atoms with van der Waals surface area (Å²) < 4.78 is 41.2. The van der Waals surface area contributed by atoms with Crippen molar-refractivity contribution in [3.63, 3.8) is 0 Å². The van der Waals surface area contributed by atoms with Crippen LogP contribution in [0.3, 0.4) is 0 Å². The molecule has 0 unspecified atom stereocenters. The van der Waals surface area contributed by atoms with Gasteiger partial charge in [0.15, 0.2) is 34.4 Å². The number of ether oxygens (including phenoxy) is 6. The van der Waals surface area contributed by atoms with Crippen LogP contribution in [0, 0.1) is 6.92 Å². The second kappa shape index (κ2) is 10.5. The molecule has 0 radical (unpaired) electrons. The van der Waals surface area contributed by atoms with Crippen LogP contribution < -0.4 is 28.4 Å². The van der Waals surface area contributed by atoms with Gasteiger partial charge >= 0.3 is 0 Å². The molecular weight excluding hydrogens is 502 g/mol. The van der Waals surface area contributed by atoms with E-state index < -0.39 is 0 Å². The standard InChI is InChI=1S/C29H29N3O7/c1-16-26(17-11-21(33-2)28(37-6)22(12-17)34-3)27(18-13-23(35-4)29(38-7)24(14-18)36-5)32-25(30-16)15-19(31-32)20-9-8-10-39-20/h8-15H,1-7H3. The van der Waals surface area contributed by atoms with Gasteiger partial charge < -0.3 is 32.8 Å². The Bertz CT molecular complexity index is 1590. The van der Waals surface area contributed by atoms with Gasteiger partial charge in [-0.2, -0.15) is 5.10 Å². The van der Waals surface area contributed by atoms with Gasteiger partial charge in [-0.3, -0.25) is 0 Å². The van der Waals surface area contributed by atoms with Crippen LogP contribution in [-0.4, -0.2) is 57.3 Å². The Balaban J connectivity index is 1.90. The van der Waals surface area contributed by atoms with Crippen molar-refractivity contribution in [1.82, 2.24) is 14.6 Å². The van der Waals surface area contributed by atoms with Crippen molar-refractivity contribution in [1.29, 1.82) is 0 Å². The third-order valence-corrected chi connectivity index (χ3v) is 6.45. The van der Waals surface area contributed by atoms with Crippen molar-refractivity contribution < 1.29 is 32.8 Å². The monoisotopic (exact) mass is 531 g/mol. The van der Waals surface area contributed by atoms with Crippen molar-refractivity contribution in [2.24, 2.45) is 0 Å². The summed E-state index contributed by atoms with van der Waals surface area (Å²) in [6.45, 7) is 1.94. The van der Waals surface area contributed by atoms with Crippen LogP contribution >= 0.6 is 0 Å². The normalized spacial score (nSPS) is 10.9. The number of hydrogen-bond acceptors (Lipinski definition) is 9. The lowest BCUT2D eigenvalue weighted by Crippen LogP contribution is -2.05. The first-order chi connectivity index (χ1) is 19.0. The Morgan fingerprint density at radius 2 is 1.23 bits per heavy atom. The lowest BCUT2D eigenvalue weighted by molar-refractivity contribution is 0.324. The van der Waals surface area contributed by atoms with E-state index in [2.05, 4.69) is 0 Å². The molecule has 0 amide bonds. The molecule has 5 rings (SSSR count). The predicted molar refractivity (Wildman–Crippen MR) is 146 cm³/mol. The van der Waals surface area contributed by atoms with Crippen molar-refractivity contribution >= 4 is 5.65 Å². The minimum atomic E-state index is 0.483. The molecule has 0 aliphatic heterocycles. The highest BCUT2D eigenvalue weighted by atomic mass is 16.5. The average Bonchev–Trinajstić information content (AvgIpc) is 3.65. The topological polar surface area (TPSA) is 98.7 Å². The molecule has 10 heteroatoms. The first-order valence-corrected chi connectivity index (χ1v) is 12.0. The maximum Gasteiger partial charge on any atom is 0.203 e. The van der Waals surface area contributed by atoms with E-state index in [0.717, 1.165) is 28.1 Å². The molecule has 2 aromatic carbocycles. The minimum Gasteiger partial charge on any atom is -0.493 e. The number of aryl methyl sites for hydroxylation is 1. The quantitative estimate of drug-likeness (QED) is 0.238. The van der Waals surface area contributed by atoms with Crippen LogP contribution in [0.25, 0.3) is 39.5 Å². The van der Waals surface area contributed by atoms with Gasteiger partial charge in [-0.25, -0.2) is 9.50 Å². The highest BCUT2D eigenvalue weighted by molar-refractivity contribution is 5.87. The fourth-order valence-electron chi connectivity index (χ4n) is 4.72. The van der Waals surface area contributed by atoms with Crippen molar-refractivity contribution in [3.05, 3.63) is 54.4 Å². The van der Waals surface area contributed by atoms with E-state index in [0.29, 0.717) is 51.6 Å². The first kappa shape index (κ1) is 25.8. The van der Waals surface area contributed by atoms with Gasteiger partial charge in [0, 0.05) is 22.9 Å². The number of hydrogen-bond donors (Lipinski definition) is 0. The van der Waals surface area contributed by atoms with Crippen molar-refractivity contribution in [2.75, 3.05) is 42.7 Å². The van der Waals surface area contributed by atoms with E-state index in [1.54, 1.807) is 53.4 Å². The molecule has 0 aliphatic carbocycles. The van der Waals surface area contributed by atoms with E-state index in [1.807, 2.05) is 49.4 Å². The fourth-order valence-corrected chi connectivity index (χ4v) is 4.72. The fraction of sp³-hybridized carbons (Fsp3) is 0.241. The molecular formula is C29H29N3O7. The zero-order valence-corrected chi connectivity index (χ0v) is 22.8. The number of methoxy groups -OCH3 is 6. The predicted octanol–water partition coefficient (Wildman–Crippen LogP) is 5.68. The Morgan fingerprint density at radius 1 is 0.692 bits per heavy atom. The SMILES string of the molecule is COc1cc(-c2c(C)nc3cc(-c4ccco4)nn3c2-c2cc(OC)c(OC)c(OC)c2)cc(OC)c1OC. The van der Waals surface area contributed by atoms with Crippen molar-refractivity contribution in [3.8, 4) is 68.3 Å². The number of fused-ring (bicyclic) bond motifs is 1. The largest absolute Gasteiger partial charge is 0.493 e. The Hall–Kier alpha value is -4.86. The molecule has 10 nitrogen and oxygen atoms in total. The Labute approximate surface area is 225 Å². The summed E-state index contributed by atoms with van der Waals surface area (Å²) in [4.78, 5) is 4.90. The van der Waals surface area contributed by atoms with Crippen LogP contribution in [0.15, 0.2) is 53.1 Å². The average molecular weight is 532 g/mol. The number of rotatable bonds is 9. The molecule has 0 fully saturated rings. The maximum absolute atomic E-state index is 5.67. The number of benzene rings is 2. The van der Waals surface area contributed by atoms with E-state index in [9.17, 15) is 0 Å². The summed E-state index contributed by atoms with van der Waals surface area (Å²) in [7, 11) is 9.46. The molecule has 0 spiro atoms. The third-order valence-electron chi connectivity index (χ3n) is 6.45. The van der Waals surface area contributed by atoms with Crippen LogP contribution in [0.5, 0.6) is 34.5 Å². The third kappa shape index (κ3) is 4.33. The second-order valence-corrected chi connectivity index (χ2v) is 8.53. The molecule has 0 N–H and O–H groups in total. The summed E-state index contributed by atoms with van der Waals surface area (Å²) in [5.74, 6) is 3.63. The minimum absolute atomic E-state index is 0.483. The Kier molecular flexibility index (Phi) is 6.93. The van der Waals surface area contributed by atoms with Crippen LogP contribution in [0.2, 0.25) is 0 Å². The van der Waals surface area contributed by atoms with Gasteiger partial charge in [-0.1, -0.05) is 0 Å². The van der Waals surface area contributed by atoms with Gasteiger partial charge in [0.2, 0.25) is 11.5 Å². The van der Waals surface area contributed by atoms with Gasteiger partial charge in [0.1, 0.15) is 5.69 Å². The molecule has 202 valence electrons. The molecule has 0 atom stereocenters. The molecule has 0 bridgehead atoms. The lowest BCUT2D eigenvalue weighted by Gasteiger charge is -2.20. The molecule has 3 heterocycles. The van der Waals surface area contributed by atoms with E-state index >= 15 is 0 Å². The molecule has 0 saturated heterocycles. The maximum atomic E-state index is 5.67. The van der Waals surface area contributed by atoms with Gasteiger partial charge in [-0.15, -0.1) is 0 Å². The molecule has 0 saturated carbocycles. The first-order valence-electron chi connectivity index (χ1n) is 12.0. The highest BCUT2D eigenvalue weighted by Gasteiger charge is 2.25. The summed E-state index contributed by atoms with van der Waals surface area (Å²) >= 11 is 0. The molecule has 3 aromatic heterocycles. The zero-order valence-electron chi connectivity index (χ0n) is 22.8. The van der Waals surface area contributed by atoms with Gasteiger partial charge in [0.05, 0.1) is 54.6 Å². The molecule has 5 aromatic rings. The zero-order chi connectivity index (χ0) is 27.7. The summed E-state index contributed by atoms with van der Waals surface area (Å²) in [6, 6.07) is 13.1. The van der Waals surface area contributed by atoms with Gasteiger partial charge in [0.25, 0.3) is 0 Å². The van der Waals surface area contributed by atoms with Crippen LogP contribution in [0.4, 0.5) is 0 Å². The highest BCUT2D eigenvalue weighted by Crippen LogP contribution is 2.47. The lowest BCUT2D eigenvalue weighted by atomic mass is 9.96. The Morgan fingerprint density at radius 3 is 1.69 bits per heavy atom. The summed E-state index contributed by atoms with van der Waals surface area (Å²) in [5.41, 5.74) is 5.12. The van der Waals surface area contributed by atoms with Crippen LogP contribution in [-0.2, 0) is 0 Å². The second-order valence-electron chi connectivity index (χ2n) is 8.53. The number of aromatic nitrogens is 3. The van der Waals surface area contributed by atoms with E-state index in [-0.39, 0.29) is 0 Å². The summed E-state index contributed by atoms with van der Waals surface area (Å²) in [5, 5.41) is 4.89. The number of nitrogens with zero attached hydrogens (tertiary/aromatic N) is 3. The summed E-state index contributed by atoms with van der Waals surface area (Å²) in [6.07, 6.45) is 1.61. The molecule has 0 aliphatic rings. The van der Waals surface area contributed by atoms with Crippen molar-refractivity contribution in [2.45, 2.75) is 6.92 Å². The smallest absolute Gasteiger partial charge is 0.203 e. The van der Waals surface area contributed by atoms with Gasteiger partial charge in [-0.05, 0) is 48.9 Å². The molecule has 39 heavy (non-hydrogen) atoms. The number of furan rings is 1. The van der Waals surface area contributed by atoms with E-state index in [1.165, 1.54) is 0 Å².